The Labute approximate surface area is 207 Å². The van der Waals surface area contributed by atoms with Gasteiger partial charge in [0.25, 0.3) is 0 Å². The van der Waals surface area contributed by atoms with Gasteiger partial charge in [-0.05, 0) is 48.9 Å². The Morgan fingerprint density at radius 3 is 1.12 bits per heavy atom. The van der Waals surface area contributed by atoms with Gasteiger partial charge in [0, 0.05) is 12.1 Å². The molecule has 6 heteroatoms. The second kappa shape index (κ2) is 19.4. The number of carboxylic acids is 2. The van der Waals surface area contributed by atoms with Crippen LogP contribution in [0.15, 0.2) is 24.3 Å². The first-order valence-electron chi connectivity index (χ1n) is 13.3. The van der Waals surface area contributed by atoms with E-state index in [-0.39, 0.29) is 11.1 Å². The van der Waals surface area contributed by atoms with Crippen LogP contribution in [0.3, 0.4) is 0 Å². The first-order valence-corrected chi connectivity index (χ1v) is 13.3. The van der Waals surface area contributed by atoms with E-state index in [2.05, 4.69) is 27.7 Å². The molecule has 0 radical (unpaired) electrons. The molecule has 0 heterocycles. The summed E-state index contributed by atoms with van der Waals surface area (Å²) in [5.41, 5.74) is 12.7. The maximum atomic E-state index is 10.3. The third kappa shape index (κ3) is 13.7. The van der Waals surface area contributed by atoms with Gasteiger partial charge in [-0.2, -0.15) is 0 Å². The molecule has 0 aliphatic rings. The van der Waals surface area contributed by atoms with E-state index in [0.29, 0.717) is 12.1 Å². The number of carbonyl (C=O) groups is 2. The van der Waals surface area contributed by atoms with Gasteiger partial charge in [0.05, 0.1) is 11.1 Å². The van der Waals surface area contributed by atoms with Crippen molar-refractivity contribution < 1.29 is 19.8 Å². The highest BCUT2D eigenvalue weighted by atomic mass is 16.4. The molecule has 0 aliphatic carbocycles. The highest BCUT2D eigenvalue weighted by Gasteiger charge is 2.14. The lowest BCUT2D eigenvalue weighted by Gasteiger charge is -2.21. The fraction of sp³-hybridized carbons (Fsp3) is 0.714. The van der Waals surface area contributed by atoms with E-state index in [1.165, 1.54) is 101 Å². The molecule has 1 aromatic carbocycles. The number of hydrogen-bond acceptors (Lipinski definition) is 4. The van der Waals surface area contributed by atoms with E-state index in [1.54, 1.807) is 0 Å². The van der Waals surface area contributed by atoms with E-state index in [1.807, 2.05) is 0 Å². The normalized spacial score (nSPS) is 12.8. The molecule has 1 rings (SSSR count). The zero-order valence-electron chi connectivity index (χ0n) is 22.0. The molecule has 1 aromatic rings. The highest BCUT2D eigenvalue weighted by molar-refractivity contribution is 5.91. The number of unbranched alkanes of at least 4 members (excludes halogenated alkanes) is 5. The van der Waals surface area contributed by atoms with Crippen LogP contribution in [0.2, 0.25) is 0 Å². The van der Waals surface area contributed by atoms with E-state index >= 15 is 0 Å². The molecule has 0 spiro atoms. The summed E-state index contributed by atoms with van der Waals surface area (Å²) in [5, 5.41) is 16.9. The first kappa shape index (κ1) is 32.1. The Morgan fingerprint density at radius 1 is 0.618 bits per heavy atom. The standard InChI is InChI=1S/C20H44N2.C8H6O4/c1-5-17(6-2)19(21)15-13-11-9-10-12-14-16-20(22)18(7-3)8-4;9-7(10)5-1-2-6(4-3-5)8(11)12/h17-20H,5-16,21-22H2,1-4H3;1-4H,(H,9,10)(H,11,12). The van der Waals surface area contributed by atoms with Crippen molar-refractivity contribution in [1.82, 2.24) is 0 Å². The molecule has 34 heavy (non-hydrogen) atoms. The van der Waals surface area contributed by atoms with Gasteiger partial charge >= 0.3 is 11.9 Å². The topological polar surface area (TPSA) is 127 Å². The quantitative estimate of drug-likeness (QED) is 0.184. The first-order chi connectivity index (χ1) is 16.2. The predicted molar refractivity (Wildman–Crippen MR) is 141 cm³/mol. The van der Waals surface area contributed by atoms with Gasteiger partial charge in [0.15, 0.2) is 0 Å². The molecule has 2 atom stereocenters. The highest BCUT2D eigenvalue weighted by Crippen LogP contribution is 2.19. The Bertz CT molecular complexity index is 598. The van der Waals surface area contributed by atoms with Crippen LogP contribution in [0.25, 0.3) is 0 Å². The summed E-state index contributed by atoms with van der Waals surface area (Å²) in [6.45, 7) is 9.06. The van der Waals surface area contributed by atoms with Crippen molar-refractivity contribution in [2.24, 2.45) is 23.3 Å². The van der Waals surface area contributed by atoms with Crippen LogP contribution in [0.5, 0.6) is 0 Å². The van der Waals surface area contributed by atoms with Crippen LogP contribution >= 0.6 is 0 Å². The molecular formula is C28H50N2O4. The minimum Gasteiger partial charge on any atom is -0.478 e. The van der Waals surface area contributed by atoms with Crippen LogP contribution in [-0.2, 0) is 0 Å². The second-order valence-corrected chi connectivity index (χ2v) is 9.37. The summed E-state index contributed by atoms with van der Waals surface area (Å²) >= 11 is 0. The predicted octanol–water partition coefficient (Wildman–Crippen LogP) is 6.72. The fourth-order valence-corrected chi connectivity index (χ4v) is 4.48. The van der Waals surface area contributed by atoms with Crippen molar-refractivity contribution in [3.05, 3.63) is 35.4 Å². The Hall–Kier alpha value is -1.92. The molecular weight excluding hydrogens is 428 g/mol. The second-order valence-electron chi connectivity index (χ2n) is 9.37. The van der Waals surface area contributed by atoms with Crippen LogP contribution in [0.1, 0.15) is 125 Å². The number of benzene rings is 1. The van der Waals surface area contributed by atoms with Crippen molar-refractivity contribution in [3.8, 4) is 0 Å². The summed E-state index contributed by atoms with van der Waals surface area (Å²) in [4.78, 5) is 20.7. The van der Waals surface area contributed by atoms with Crippen LogP contribution in [0, 0.1) is 11.8 Å². The van der Waals surface area contributed by atoms with Gasteiger partial charge in [-0.1, -0.05) is 91.9 Å². The zero-order valence-corrected chi connectivity index (χ0v) is 22.0. The molecule has 0 saturated heterocycles. The Balaban J connectivity index is 0.000000757. The summed E-state index contributed by atoms with van der Waals surface area (Å²) in [5.74, 6) is -0.669. The minimum atomic E-state index is -1.06. The van der Waals surface area contributed by atoms with E-state index in [0.717, 1.165) is 11.8 Å². The largest absolute Gasteiger partial charge is 0.478 e. The van der Waals surface area contributed by atoms with Crippen LogP contribution < -0.4 is 11.5 Å². The van der Waals surface area contributed by atoms with Gasteiger partial charge in [-0.15, -0.1) is 0 Å². The lowest BCUT2D eigenvalue weighted by Crippen LogP contribution is -2.29. The smallest absolute Gasteiger partial charge is 0.335 e. The van der Waals surface area contributed by atoms with Crippen molar-refractivity contribution >= 4 is 11.9 Å². The number of nitrogens with two attached hydrogens (primary N) is 2. The number of hydrogen-bond donors (Lipinski definition) is 4. The molecule has 6 nitrogen and oxygen atoms in total. The van der Waals surface area contributed by atoms with Gasteiger partial charge in [0.1, 0.15) is 0 Å². The van der Waals surface area contributed by atoms with Crippen molar-refractivity contribution in [2.75, 3.05) is 0 Å². The van der Waals surface area contributed by atoms with Crippen molar-refractivity contribution in [1.29, 1.82) is 0 Å². The Kier molecular flexibility index (Phi) is 18.3. The lowest BCUT2D eigenvalue weighted by molar-refractivity contribution is 0.0681. The summed E-state index contributed by atoms with van der Waals surface area (Å²) in [6, 6.07) is 5.87. The average molecular weight is 479 g/mol. The molecule has 0 fully saturated rings. The summed E-state index contributed by atoms with van der Waals surface area (Å²) in [6.07, 6.45) is 15.4. The minimum absolute atomic E-state index is 0.0833. The van der Waals surface area contributed by atoms with Gasteiger partial charge in [-0.25, -0.2) is 9.59 Å². The van der Waals surface area contributed by atoms with E-state index < -0.39 is 11.9 Å². The summed E-state index contributed by atoms with van der Waals surface area (Å²) in [7, 11) is 0. The molecule has 0 aliphatic heterocycles. The van der Waals surface area contributed by atoms with Gasteiger partial charge in [0.2, 0.25) is 0 Å². The lowest BCUT2D eigenvalue weighted by atomic mass is 9.90. The van der Waals surface area contributed by atoms with Crippen LogP contribution in [-0.4, -0.2) is 34.2 Å². The van der Waals surface area contributed by atoms with Gasteiger partial charge in [-0.3, -0.25) is 0 Å². The number of carboxylic acid groups (broad SMARTS) is 2. The maximum Gasteiger partial charge on any atom is 0.335 e. The van der Waals surface area contributed by atoms with Gasteiger partial charge < -0.3 is 21.7 Å². The number of aromatic carboxylic acids is 2. The third-order valence-electron chi connectivity index (χ3n) is 7.01. The molecule has 196 valence electrons. The van der Waals surface area contributed by atoms with E-state index in [4.69, 9.17) is 21.7 Å². The Morgan fingerprint density at radius 2 is 0.882 bits per heavy atom. The SMILES string of the molecule is CCC(CC)C(N)CCCCCCCCC(N)C(CC)CC.O=C(O)c1ccc(C(=O)O)cc1. The van der Waals surface area contributed by atoms with Crippen molar-refractivity contribution in [3.63, 3.8) is 0 Å². The van der Waals surface area contributed by atoms with Crippen LogP contribution in [0.4, 0.5) is 0 Å². The summed E-state index contributed by atoms with van der Waals surface area (Å²) < 4.78 is 0. The van der Waals surface area contributed by atoms with E-state index in [9.17, 15) is 9.59 Å². The number of rotatable bonds is 17. The monoisotopic (exact) mass is 478 g/mol. The molecule has 2 unspecified atom stereocenters. The molecule has 0 bridgehead atoms. The molecule has 0 aromatic heterocycles. The molecule has 6 N–H and O–H groups in total. The average Bonchev–Trinajstić information content (AvgIpc) is 2.82. The molecule has 0 amide bonds. The maximum absolute atomic E-state index is 10.3. The third-order valence-corrected chi connectivity index (χ3v) is 7.01. The zero-order chi connectivity index (χ0) is 25.9. The fourth-order valence-electron chi connectivity index (χ4n) is 4.48. The van der Waals surface area contributed by atoms with Crippen molar-refractivity contribution in [2.45, 2.75) is 117 Å². The molecule has 0 saturated carbocycles.